The van der Waals surface area contributed by atoms with Crippen LogP contribution in [0.1, 0.15) is 5.56 Å². The Hall–Kier alpha value is -4.08. The van der Waals surface area contributed by atoms with Crippen LogP contribution in [0.15, 0.2) is 30.6 Å². The maximum Gasteiger partial charge on any atom is 0.282 e. The second kappa shape index (κ2) is 9.10. The second-order valence-corrected chi connectivity index (χ2v) is 9.66. The van der Waals surface area contributed by atoms with Gasteiger partial charge in [-0.2, -0.15) is 5.26 Å². The van der Waals surface area contributed by atoms with Crippen LogP contribution >= 0.6 is 22.9 Å². The van der Waals surface area contributed by atoms with Crippen molar-refractivity contribution in [3.8, 4) is 23.1 Å². The molecule has 4 aromatic rings. The van der Waals surface area contributed by atoms with Crippen LogP contribution in [0, 0.1) is 23.0 Å². The zero-order valence-corrected chi connectivity index (χ0v) is 20.4. The first-order chi connectivity index (χ1) is 17.6. The van der Waals surface area contributed by atoms with Gasteiger partial charge in [0.15, 0.2) is 16.8 Å². The number of hydrogen-bond acceptors (Lipinski definition) is 8. The number of piperazine rings is 1. The largest absolute Gasteiger partial charge is 0.492 e. The Bertz CT molecular complexity index is 1680. The summed E-state index contributed by atoms with van der Waals surface area (Å²) in [5, 5.41) is 20.4. The molecule has 8 nitrogen and oxygen atoms in total. The molecule has 1 amide bonds. The highest BCUT2D eigenvalue weighted by atomic mass is 35.5. The topological polar surface area (TPSA) is 119 Å². The molecule has 0 atom stereocenters. The number of anilines is 2. The van der Waals surface area contributed by atoms with Crippen molar-refractivity contribution in [2.75, 3.05) is 36.8 Å². The van der Waals surface area contributed by atoms with Crippen molar-refractivity contribution in [1.29, 1.82) is 5.26 Å². The van der Waals surface area contributed by atoms with E-state index in [1.54, 1.807) is 4.90 Å². The van der Waals surface area contributed by atoms with E-state index in [0.29, 0.717) is 0 Å². The first-order valence-electron chi connectivity index (χ1n) is 10.8. The molecular formula is C24H16ClF3N6O2S. The molecule has 0 saturated carbocycles. The lowest BCUT2D eigenvalue weighted by molar-refractivity contribution is -0.128. The highest BCUT2D eigenvalue weighted by Gasteiger charge is 2.29. The maximum atomic E-state index is 16.1. The summed E-state index contributed by atoms with van der Waals surface area (Å²) < 4.78 is 43.8. The third-order valence-electron chi connectivity index (χ3n) is 6.13. The molecule has 0 radical (unpaired) electrons. The van der Waals surface area contributed by atoms with Crippen LogP contribution in [0.3, 0.4) is 0 Å². The van der Waals surface area contributed by atoms with Crippen molar-refractivity contribution < 1.29 is 23.1 Å². The Balaban J connectivity index is 1.69. The van der Waals surface area contributed by atoms with E-state index in [-0.39, 0.29) is 79.8 Å². The Kier molecular flexibility index (Phi) is 6.05. The van der Waals surface area contributed by atoms with Gasteiger partial charge in [-0.25, -0.2) is 23.1 Å². The molecule has 37 heavy (non-hydrogen) atoms. The number of hydrogen-bond donors (Lipinski definition) is 2. The quantitative estimate of drug-likeness (QED) is 0.358. The van der Waals surface area contributed by atoms with Crippen LogP contribution in [0.4, 0.5) is 24.0 Å². The average Bonchev–Trinajstić information content (AvgIpc) is 3.27. The molecule has 0 spiro atoms. The number of halogens is 4. The molecule has 1 aliphatic heterocycles. The zero-order chi connectivity index (χ0) is 26.6. The van der Waals surface area contributed by atoms with E-state index in [2.05, 4.69) is 16.5 Å². The fourth-order valence-corrected chi connectivity index (χ4v) is 5.54. The van der Waals surface area contributed by atoms with Crippen molar-refractivity contribution in [3.05, 3.63) is 52.8 Å². The number of nitrogens with two attached hydrogens (primary N) is 1. The number of carbonyl (C=O) groups is 1. The SMILES string of the molecule is C=C(F)C(=O)N1CCN(c2c(C#N)c(O)nc3c(F)c(-c4ccc(F)c5sc(N)nc45)c(Cl)cc23)CC1. The van der Waals surface area contributed by atoms with Crippen LogP contribution in [0.25, 0.3) is 32.2 Å². The highest BCUT2D eigenvalue weighted by molar-refractivity contribution is 7.22. The molecule has 3 heterocycles. The predicted molar refractivity (Wildman–Crippen MR) is 135 cm³/mol. The molecule has 5 rings (SSSR count). The van der Waals surface area contributed by atoms with E-state index < -0.39 is 29.2 Å². The van der Waals surface area contributed by atoms with Gasteiger partial charge in [0, 0.05) is 42.7 Å². The lowest BCUT2D eigenvalue weighted by Crippen LogP contribution is -2.49. The highest BCUT2D eigenvalue weighted by Crippen LogP contribution is 2.44. The van der Waals surface area contributed by atoms with E-state index in [9.17, 15) is 23.9 Å². The predicted octanol–water partition coefficient (Wildman–Crippen LogP) is 4.73. The monoisotopic (exact) mass is 544 g/mol. The second-order valence-electron chi connectivity index (χ2n) is 8.22. The fraction of sp³-hybridized carbons (Fsp3) is 0.167. The van der Waals surface area contributed by atoms with Gasteiger partial charge in [0.05, 0.1) is 20.9 Å². The normalized spacial score (nSPS) is 13.8. The van der Waals surface area contributed by atoms with Crippen LogP contribution in [0.5, 0.6) is 5.88 Å². The number of rotatable bonds is 3. The molecule has 3 N–H and O–H groups in total. The van der Waals surface area contributed by atoms with Gasteiger partial charge in [-0.15, -0.1) is 0 Å². The summed E-state index contributed by atoms with van der Waals surface area (Å²) in [5.41, 5.74) is 5.62. The van der Waals surface area contributed by atoms with Crippen molar-refractivity contribution >= 4 is 60.8 Å². The average molecular weight is 545 g/mol. The first kappa shape index (κ1) is 24.6. The van der Waals surface area contributed by atoms with Gasteiger partial charge in [-0.1, -0.05) is 29.5 Å². The molecule has 2 aromatic carbocycles. The minimum Gasteiger partial charge on any atom is -0.492 e. The number of pyridine rings is 1. The van der Waals surface area contributed by atoms with E-state index in [4.69, 9.17) is 17.3 Å². The van der Waals surface area contributed by atoms with Crippen LogP contribution in [0.2, 0.25) is 5.02 Å². The number of nitriles is 1. The minimum atomic E-state index is -1.09. The Morgan fingerprint density at radius 1 is 1.22 bits per heavy atom. The summed E-state index contributed by atoms with van der Waals surface area (Å²) in [5.74, 6) is -4.11. The van der Waals surface area contributed by atoms with E-state index in [1.807, 2.05) is 6.07 Å². The Morgan fingerprint density at radius 3 is 2.57 bits per heavy atom. The summed E-state index contributed by atoms with van der Waals surface area (Å²) in [6.07, 6.45) is 0. The molecule has 0 unspecified atom stereocenters. The van der Waals surface area contributed by atoms with Gasteiger partial charge in [0.1, 0.15) is 23.0 Å². The number of aromatic hydroxyl groups is 1. The lowest BCUT2D eigenvalue weighted by atomic mass is 9.99. The lowest BCUT2D eigenvalue weighted by Gasteiger charge is -2.36. The molecule has 1 aliphatic rings. The number of benzene rings is 2. The number of aromatic nitrogens is 2. The maximum absolute atomic E-state index is 16.1. The molecular weight excluding hydrogens is 529 g/mol. The molecule has 188 valence electrons. The minimum absolute atomic E-state index is 0.0651. The number of amides is 1. The van der Waals surface area contributed by atoms with Gasteiger partial charge in [-0.05, 0) is 18.2 Å². The summed E-state index contributed by atoms with van der Waals surface area (Å²) in [6, 6.07) is 5.77. The van der Waals surface area contributed by atoms with Crippen LogP contribution < -0.4 is 10.6 Å². The first-order valence-corrected chi connectivity index (χ1v) is 12.0. The van der Waals surface area contributed by atoms with Crippen molar-refractivity contribution in [2.24, 2.45) is 0 Å². The summed E-state index contributed by atoms with van der Waals surface area (Å²) in [4.78, 5) is 22.9. The number of carbonyl (C=O) groups excluding carboxylic acids is 1. The van der Waals surface area contributed by atoms with Gasteiger partial charge in [0.2, 0.25) is 5.88 Å². The van der Waals surface area contributed by atoms with E-state index in [1.165, 1.54) is 17.0 Å². The fourth-order valence-electron chi connectivity index (χ4n) is 4.48. The van der Waals surface area contributed by atoms with Gasteiger partial charge in [-0.3, -0.25) is 4.79 Å². The summed E-state index contributed by atoms with van der Waals surface area (Å²) in [7, 11) is 0. The number of nitrogens with zero attached hydrogens (tertiary/aromatic N) is 5. The van der Waals surface area contributed by atoms with Crippen molar-refractivity contribution in [2.45, 2.75) is 0 Å². The third kappa shape index (κ3) is 3.96. The third-order valence-corrected chi connectivity index (χ3v) is 7.33. The molecule has 13 heteroatoms. The van der Waals surface area contributed by atoms with Gasteiger partial charge < -0.3 is 20.6 Å². The number of nitrogen functional groups attached to an aromatic ring is 1. The molecule has 1 fully saturated rings. The number of fused-ring (bicyclic) bond motifs is 2. The van der Waals surface area contributed by atoms with Gasteiger partial charge in [0.25, 0.3) is 5.91 Å². The Morgan fingerprint density at radius 2 is 1.92 bits per heavy atom. The number of thiazole rings is 1. The van der Waals surface area contributed by atoms with Crippen molar-refractivity contribution in [1.82, 2.24) is 14.9 Å². The standard InChI is InChI=1S/C24H16ClF3N6O2S/c1-10(26)23(36)34-6-4-33(5-7-34)20-12-8-14(25)16(17(28)18(12)31-22(35)13(20)9-29)11-2-3-15(27)21-19(11)32-24(30)37-21/h2-3,8H,1,4-7H2,(H2,30,32)(H,31,35). The van der Waals surface area contributed by atoms with Crippen LogP contribution in [-0.4, -0.2) is 52.1 Å². The Labute approximate surface area is 216 Å². The van der Waals surface area contributed by atoms with Gasteiger partial charge >= 0.3 is 0 Å². The van der Waals surface area contributed by atoms with Crippen molar-refractivity contribution in [3.63, 3.8) is 0 Å². The molecule has 0 bridgehead atoms. The molecule has 0 aliphatic carbocycles. The summed E-state index contributed by atoms with van der Waals surface area (Å²) >= 11 is 7.46. The smallest absolute Gasteiger partial charge is 0.282 e. The summed E-state index contributed by atoms with van der Waals surface area (Å²) in [6.45, 7) is 3.54. The van der Waals surface area contributed by atoms with Crippen LogP contribution in [-0.2, 0) is 4.79 Å². The molecule has 1 saturated heterocycles. The molecule has 2 aromatic heterocycles. The van der Waals surface area contributed by atoms with E-state index in [0.717, 1.165) is 17.4 Å². The zero-order valence-electron chi connectivity index (χ0n) is 18.9. The van der Waals surface area contributed by atoms with E-state index >= 15 is 4.39 Å².